The molecule has 0 radical (unpaired) electrons. The molecule has 1 aromatic carbocycles. The molecule has 0 bridgehead atoms. The Morgan fingerprint density at radius 2 is 2.36 bits per heavy atom. The molecule has 0 aliphatic heterocycles. The van der Waals surface area contributed by atoms with Crippen molar-refractivity contribution in [3.05, 3.63) is 27.6 Å². The SMILES string of the molecule is CSCC(=O)Nc1ccc(F)cc1I. The summed E-state index contributed by atoms with van der Waals surface area (Å²) in [6.07, 6.45) is 1.86. The number of carbonyl (C=O) groups is 1. The molecular formula is C9H9FINOS. The smallest absolute Gasteiger partial charge is 0.234 e. The molecule has 1 rings (SSSR count). The fourth-order valence-corrected chi connectivity index (χ4v) is 1.85. The van der Waals surface area contributed by atoms with Crippen LogP contribution in [0.3, 0.4) is 0 Å². The van der Waals surface area contributed by atoms with Crippen molar-refractivity contribution in [1.82, 2.24) is 0 Å². The van der Waals surface area contributed by atoms with Crippen molar-refractivity contribution in [2.45, 2.75) is 0 Å². The molecule has 5 heteroatoms. The minimum atomic E-state index is -0.294. The monoisotopic (exact) mass is 325 g/mol. The Morgan fingerprint density at radius 1 is 1.64 bits per heavy atom. The lowest BCUT2D eigenvalue weighted by molar-refractivity contribution is -0.113. The first kappa shape index (κ1) is 11.8. The fraction of sp³-hybridized carbons (Fsp3) is 0.222. The second kappa shape index (κ2) is 5.55. The van der Waals surface area contributed by atoms with Crippen molar-refractivity contribution in [3.8, 4) is 0 Å². The molecule has 0 aromatic heterocycles. The molecule has 0 fully saturated rings. The molecule has 1 N–H and O–H groups in total. The maximum atomic E-state index is 12.7. The highest BCUT2D eigenvalue weighted by Gasteiger charge is 2.05. The molecule has 0 heterocycles. The van der Waals surface area contributed by atoms with E-state index in [-0.39, 0.29) is 11.7 Å². The Bertz CT molecular complexity index is 346. The maximum absolute atomic E-state index is 12.7. The summed E-state index contributed by atoms with van der Waals surface area (Å²) in [6.45, 7) is 0. The molecule has 1 aromatic rings. The van der Waals surface area contributed by atoms with Gasteiger partial charge in [-0.3, -0.25) is 4.79 Å². The summed E-state index contributed by atoms with van der Waals surface area (Å²) in [7, 11) is 0. The summed E-state index contributed by atoms with van der Waals surface area (Å²) >= 11 is 3.44. The molecule has 1 amide bonds. The summed E-state index contributed by atoms with van der Waals surface area (Å²) in [4.78, 5) is 11.2. The van der Waals surface area contributed by atoms with Gasteiger partial charge in [0.2, 0.25) is 5.91 Å². The summed E-state index contributed by atoms with van der Waals surface area (Å²) in [5, 5.41) is 2.70. The average molecular weight is 325 g/mol. The number of carbonyl (C=O) groups excluding carboxylic acids is 1. The predicted octanol–water partition coefficient (Wildman–Crippen LogP) is 2.73. The number of nitrogens with one attached hydrogen (secondary N) is 1. The van der Waals surface area contributed by atoms with Gasteiger partial charge in [0, 0.05) is 3.57 Å². The van der Waals surface area contributed by atoms with Gasteiger partial charge < -0.3 is 5.32 Å². The van der Waals surface area contributed by atoms with Gasteiger partial charge >= 0.3 is 0 Å². The van der Waals surface area contributed by atoms with E-state index in [9.17, 15) is 9.18 Å². The van der Waals surface area contributed by atoms with Crippen LogP contribution in [-0.4, -0.2) is 17.9 Å². The number of benzene rings is 1. The number of thioether (sulfide) groups is 1. The van der Waals surface area contributed by atoms with Crippen LogP contribution in [0.4, 0.5) is 10.1 Å². The summed E-state index contributed by atoms with van der Waals surface area (Å²) < 4.78 is 13.4. The summed E-state index contributed by atoms with van der Waals surface area (Å²) in [5.74, 6) is 0.0484. The van der Waals surface area contributed by atoms with Crippen LogP contribution in [0.2, 0.25) is 0 Å². The van der Waals surface area contributed by atoms with Crippen molar-refractivity contribution >= 4 is 45.9 Å². The second-order valence-corrected chi connectivity index (χ2v) is 4.63. The highest BCUT2D eigenvalue weighted by molar-refractivity contribution is 14.1. The first-order valence-corrected chi connectivity index (χ1v) is 6.34. The lowest BCUT2D eigenvalue weighted by Crippen LogP contribution is -2.14. The Kier molecular flexibility index (Phi) is 4.67. The van der Waals surface area contributed by atoms with E-state index in [4.69, 9.17) is 0 Å². The number of halogens is 2. The molecule has 0 saturated carbocycles. The number of anilines is 1. The number of amides is 1. The van der Waals surface area contributed by atoms with Crippen LogP contribution in [0, 0.1) is 9.39 Å². The normalized spacial score (nSPS) is 9.93. The molecule has 2 nitrogen and oxygen atoms in total. The maximum Gasteiger partial charge on any atom is 0.234 e. The summed E-state index contributed by atoms with van der Waals surface area (Å²) in [6, 6.07) is 4.28. The highest BCUT2D eigenvalue weighted by Crippen LogP contribution is 2.19. The minimum Gasteiger partial charge on any atom is -0.324 e. The van der Waals surface area contributed by atoms with Gasteiger partial charge in [-0.2, -0.15) is 11.8 Å². The van der Waals surface area contributed by atoms with Crippen LogP contribution in [0.5, 0.6) is 0 Å². The van der Waals surface area contributed by atoms with Gasteiger partial charge in [0.05, 0.1) is 11.4 Å². The largest absolute Gasteiger partial charge is 0.324 e. The molecule has 0 aliphatic carbocycles. The van der Waals surface area contributed by atoms with E-state index >= 15 is 0 Å². The topological polar surface area (TPSA) is 29.1 Å². The Morgan fingerprint density at radius 3 is 2.93 bits per heavy atom. The van der Waals surface area contributed by atoms with E-state index in [2.05, 4.69) is 5.32 Å². The van der Waals surface area contributed by atoms with E-state index in [1.807, 2.05) is 28.8 Å². The lowest BCUT2D eigenvalue weighted by Gasteiger charge is -2.06. The molecule has 0 unspecified atom stereocenters. The quantitative estimate of drug-likeness (QED) is 0.866. The molecule has 14 heavy (non-hydrogen) atoms. The van der Waals surface area contributed by atoms with Crippen molar-refractivity contribution in [2.24, 2.45) is 0 Å². The number of hydrogen-bond donors (Lipinski definition) is 1. The molecule has 0 atom stereocenters. The van der Waals surface area contributed by atoms with Crippen LogP contribution in [0.25, 0.3) is 0 Å². The summed E-state index contributed by atoms with van der Waals surface area (Å²) in [5.41, 5.74) is 0.658. The van der Waals surface area contributed by atoms with E-state index in [0.29, 0.717) is 15.0 Å². The average Bonchev–Trinajstić information content (AvgIpc) is 2.10. The van der Waals surface area contributed by atoms with Crippen LogP contribution in [-0.2, 0) is 4.79 Å². The van der Waals surface area contributed by atoms with Crippen molar-refractivity contribution in [1.29, 1.82) is 0 Å². The molecule has 0 saturated heterocycles. The van der Waals surface area contributed by atoms with Gasteiger partial charge in [-0.25, -0.2) is 4.39 Å². The van der Waals surface area contributed by atoms with Gasteiger partial charge in [-0.1, -0.05) is 0 Å². The second-order valence-electron chi connectivity index (χ2n) is 2.61. The standard InChI is InChI=1S/C9H9FINOS/c1-14-5-9(13)12-8-3-2-6(10)4-7(8)11/h2-4H,5H2,1H3,(H,12,13). The third-order valence-electron chi connectivity index (χ3n) is 1.48. The van der Waals surface area contributed by atoms with Gasteiger partial charge in [-0.05, 0) is 47.0 Å². The van der Waals surface area contributed by atoms with Crippen molar-refractivity contribution in [2.75, 3.05) is 17.3 Å². The zero-order valence-corrected chi connectivity index (χ0v) is 10.5. The van der Waals surface area contributed by atoms with Crippen molar-refractivity contribution < 1.29 is 9.18 Å². The van der Waals surface area contributed by atoms with Gasteiger partial charge in [-0.15, -0.1) is 0 Å². The number of hydrogen-bond acceptors (Lipinski definition) is 2. The predicted molar refractivity (Wildman–Crippen MR) is 66.1 cm³/mol. The minimum absolute atomic E-state index is 0.0676. The first-order chi connectivity index (χ1) is 6.63. The highest BCUT2D eigenvalue weighted by atomic mass is 127. The number of rotatable bonds is 3. The van der Waals surface area contributed by atoms with Gasteiger partial charge in [0.1, 0.15) is 5.82 Å². The van der Waals surface area contributed by atoms with Gasteiger partial charge in [0.15, 0.2) is 0 Å². The molecule has 0 aliphatic rings. The van der Waals surface area contributed by atoms with E-state index in [1.165, 1.54) is 23.9 Å². The zero-order valence-electron chi connectivity index (χ0n) is 7.51. The van der Waals surface area contributed by atoms with E-state index in [0.717, 1.165) is 0 Å². The van der Waals surface area contributed by atoms with Gasteiger partial charge in [0.25, 0.3) is 0 Å². The Labute approximate surface area is 99.8 Å². The van der Waals surface area contributed by atoms with E-state index in [1.54, 1.807) is 6.07 Å². The van der Waals surface area contributed by atoms with Crippen LogP contribution in [0.15, 0.2) is 18.2 Å². The lowest BCUT2D eigenvalue weighted by atomic mass is 10.3. The third kappa shape index (κ3) is 3.45. The fourth-order valence-electron chi connectivity index (χ4n) is 0.908. The van der Waals surface area contributed by atoms with Crippen molar-refractivity contribution in [3.63, 3.8) is 0 Å². The molecule has 0 spiro atoms. The Hall–Kier alpha value is -0.300. The third-order valence-corrected chi connectivity index (χ3v) is 2.92. The first-order valence-electron chi connectivity index (χ1n) is 3.87. The van der Waals surface area contributed by atoms with Crippen LogP contribution in [0.1, 0.15) is 0 Å². The zero-order chi connectivity index (χ0) is 10.6. The van der Waals surface area contributed by atoms with E-state index < -0.39 is 0 Å². The molecular weight excluding hydrogens is 316 g/mol. The van der Waals surface area contributed by atoms with Crippen LogP contribution >= 0.6 is 34.4 Å². The Balaban J connectivity index is 2.72. The molecule has 76 valence electrons. The van der Waals surface area contributed by atoms with Crippen LogP contribution < -0.4 is 5.32 Å².